The Morgan fingerprint density at radius 2 is 1.77 bits per heavy atom. The number of nitrogens with zero attached hydrogens (tertiary/aromatic N) is 1. The van der Waals surface area contributed by atoms with E-state index in [2.05, 4.69) is 38.5 Å². The van der Waals surface area contributed by atoms with Gasteiger partial charge in [-0.1, -0.05) is 0 Å². The predicted octanol–water partition coefficient (Wildman–Crippen LogP) is -2.10. The third kappa shape index (κ3) is 9.36. The van der Waals surface area contributed by atoms with Gasteiger partial charge < -0.3 is 37.5 Å². The molecule has 1 heterocycles. The van der Waals surface area contributed by atoms with Gasteiger partial charge in [0.2, 0.25) is 17.7 Å². The van der Waals surface area contributed by atoms with Crippen molar-refractivity contribution in [1.82, 2.24) is 25.9 Å². The first-order chi connectivity index (χ1) is 14.7. The van der Waals surface area contributed by atoms with Gasteiger partial charge in [0, 0.05) is 24.1 Å². The number of thiol groups is 1. The van der Waals surface area contributed by atoms with E-state index in [4.69, 9.17) is 16.6 Å². The number of H-pyrrole nitrogens is 1. The first kappa shape index (κ1) is 26.4. The van der Waals surface area contributed by atoms with Crippen LogP contribution in [0.15, 0.2) is 12.5 Å². The zero-order valence-electron chi connectivity index (χ0n) is 17.3. The standard InChI is InChI=1S/C18H31N7O5S/c1-10(18(29)30)23-17(28)14(8-31)25-16(27)13(4-2-3-5-19)24-15(26)12(20)6-11-7-21-9-22-11/h7,9-10,12-14,31H,2-6,8,19-20H2,1H3,(H,21,22)(H,23,28)(H,24,26)(H,25,27)(H,29,30). The number of unbranched alkanes of at least 4 members (excludes halogenated alkanes) is 1. The van der Waals surface area contributed by atoms with Gasteiger partial charge in [0.15, 0.2) is 0 Å². The molecule has 1 aromatic rings. The third-order valence-corrected chi connectivity index (χ3v) is 4.82. The number of carbonyl (C=O) groups is 4. The number of carboxylic acids is 1. The Morgan fingerprint density at radius 3 is 2.32 bits per heavy atom. The number of aromatic nitrogens is 2. The second kappa shape index (κ2) is 13.6. The van der Waals surface area contributed by atoms with Crippen molar-refractivity contribution in [3.05, 3.63) is 18.2 Å². The van der Waals surface area contributed by atoms with Crippen LogP contribution >= 0.6 is 12.6 Å². The minimum atomic E-state index is -1.21. The minimum Gasteiger partial charge on any atom is -0.480 e. The number of nitrogens with two attached hydrogens (primary N) is 2. The summed E-state index contributed by atoms with van der Waals surface area (Å²) in [6.45, 7) is 1.73. The van der Waals surface area contributed by atoms with Crippen molar-refractivity contribution >= 4 is 36.3 Å². The Morgan fingerprint density at radius 1 is 1.13 bits per heavy atom. The highest BCUT2D eigenvalue weighted by molar-refractivity contribution is 7.80. The zero-order chi connectivity index (χ0) is 23.4. The quantitative estimate of drug-likeness (QED) is 0.114. The predicted molar refractivity (Wildman–Crippen MR) is 116 cm³/mol. The highest BCUT2D eigenvalue weighted by Gasteiger charge is 2.28. The van der Waals surface area contributed by atoms with Crippen LogP contribution in [0.25, 0.3) is 0 Å². The van der Waals surface area contributed by atoms with Crippen molar-refractivity contribution < 1.29 is 24.3 Å². The summed E-state index contributed by atoms with van der Waals surface area (Å²) in [6, 6.07) is -4.07. The second-order valence-electron chi connectivity index (χ2n) is 7.05. The molecule has 0 radical (unpaired) electrons. The molecule has 0 saturated heterocycles. The summed E-state index contributed by atoms with van der Waals surface area (Å²) in [5.74, 6) is -3.10. The fourth-order valence-electron chi connectivity index (χ4n) is 2.61. The van der Waals surface area contributed by atoms with Crippen LogP contribution in [-0.2, 0) is 25.6 Å². The molecule has 4 atom stereocenters. The van der Waals surface area contributed by atoms with E-state index in [1.54, 1.807) is 6.20 Å². The molecular weight excluding hydrogens is 426 g/mol. The maximum Gasteiger partial charge on any atom is 0.325 e. The Kier molecular flexibility index (Phi) is 11.6. The lowest BCUT2D eigenvalue weighted by molar-refractivity contribution is -0.141. The maximum absolute atomic E-state index is 12.8. The number of hydrogen-bond acceptors (Lipinski definition) is 8. The van der Waals surface area contributed by atoms with Gasteiger partial charge in [0.1, 0.15) is 18.1 Å². The van der Waals surface area contributed by atoms with Crippen molar-refractivity contribution in [2.24, 2.45) is 11.5 Å². The van der Waals surface area contributed by atoms with E-state index in [1.807, 2.05) is 0 Å². The number of nitrogens with one attached hydrogen (secondary N) is 4. The van der Waals surface area contributed by atoms with Gasteiger partial charge in [-0.15, -0.1) is 0 Å². The fourth-order valence-corrected chi connectivity index (χ4v) is 2.87. The smallest absolute Gasteiger partial charge is 0.325 e. The van der Waals surface area contributed by atoms with E-state index < -0.39 is 47.9 Å². The molecule has 0 saturated carbocycles. The molecule has 1 rings (SSSR count). The van der Waals surface area contributed by atoms with E-state index in [9.17, 15) is 19.2 Å². The Balaban J connectivity index is 2.77. The number of aromatic amines is 1. The largest absolute Gasteiger partial charge is 0.480 e. The first-order valence-corrected chi connectivity index (χ1v) is 10.5. The van der Waals surface area contributed by atoms with Crippen molar-refractivity contribution in [1.29, 1.82) is 0 Å². The highest BCUT2D eigenvalue weighted by atomic mass is 32.1. The van der Waals surface area contributed by atoms with Crippen LogP contribution in [0, 0.1) is 0 Å². The molecule has 0 spiro atoms. The molecule has 0 aromatic carbocycles. The first-order valence-electron chi connectivity index (χ1n) is 9.87. The molecule has 0 bridgehead atoms. The fraction of sp³-hybridized carbons (Fsp3) is 0.611. The summed E-state index contributed by atoms with van der Waals surface area (Å²) in [5.41, 5.74) is 12.1. The third-order valence-electron chi connectivity index (χ3n) is 4.46. The molecule has 1 aromatic heterocycles. The van der Waals surface area contributed by atoms with Gasteiger partial charge in [0.25, 0.3) is 0 Å². The van der Waals surface area contributed by atoms with Crippen LogP contribution in [0.5, 0.6) is 0 Å². The summed E-state index contributed by atoms with van der Waals surface area (Å²) in [6.07, 6.45) is 4.73. The molecule has 3 amide bonds. The van der Waals surface area contributed by atoms with Gasteiger partial charge in [-0.2, -0.15) is 12.6 Å². The van der Waals surface area contributed by atoms with Crippen LogP contribution in [0.1, 0.15) is 31.9 Å². The van der Waals surface area contributed by atoms with E-state index in [0.29, 0.717) is 25.1 Å². The summed E-state index contributed by atoms with van der Waals surface area (Å²) in [4.78, 5) is 55.1. The average Bonchev–Trinajstić information content (AvgIpc) is 3.23. The summed E-state index contributed by atoms with van der Waals surface area (Å²) >= 11 is 4.05. The van der Waals surface area contributed by atoms with Crippen LogP contribution in [0.3, 0.4) is 0 Å². The van der Waals surface area contributed by atoms with Crippen LogP contribution in [0.2, 0.25) is 0 Å². The Hall–Kier alpha value is -2.64. The van der Waals surface area contributed by atoms with Crippen LogP contribution in [0.4, 0.5) is 0 Å². The van der Waals surface area contributed by atoms with Crippen molar-refractivity contribution in [3.63, 3.8) is 0 Å². The highest BCUT2D eigenvalue weighted by Crippen LogP contribution is 2.04. The molecule has 12 nitrogen and oxygen atoms in total. The molecule has 0 fully saturated rings. The van der Waals surface area contributed by atoms with E-state index >= 15 is 0 Å². The molecule has 4 unspecified atom stereocenters. The molecule has 0 aliphatic rings. The monoisotopic (exact) mass is 457 g/mol. The lowest BCUT2D eigenvalue weighted by Crippen LogP contribution is -2.57. The van der Waals surface area contributed by atoms with Gasteiger partial charge in [-0.25, -0.2) is 4.98 Å². The van der Waals surface area contributed by atoms with Crippen molar-refractivity contribution in [2.45, 2.75) is 56.8 Å². The summed E-state index contributed by atoms with van der Waals surface area (Å²) in [5, 5.41) is 16.3. The van der Waals surface area contributed by atoms with Crippen LogP contribution < -0.4 is 27.4 Å². The zero-order valence-corrected chi connectivity index (χ0v) is 18.2. The molecule has 9 N–H and O–H groups in total. The summed E-state index contributed by atoms with van der Waals surface area (Å²) < 4.78 is 0. The van der Waals surface area contributed by atoms with E-state index in [-0.39, 0.29) is 18.6 Å². The molecule has 174 valence electrons. The lowest BCUT2D eigenvalue weighted by Gasteiger charge is -2.24. The molecule has 0 aliphatic heterocycles. The number of aliphatic carboxylic acids is 1. The second-order valence-corrected chi connectivity index (χ2v) is 7.41. The topological polar surface area (TPSA) is 205 Å². The van der Waals surface area contributed by atoms with Gasteiger partial charge in [0.05, 0.1) is 12.4 Å². The number of carbonyl (C=O) groups excluding carboxylic acids is 3. The minimum absolute atomic E-state index is 0.0628. The molecule has 13 heteroatoms. The Bertz CT molecular complexity index is 731. The molecule has 31 heavy (non-hydrogen) atoms. The van der Waals surface area contributed by atoms with Crippen molar-refractivity contribution in [3.8, 4) is 0 Å². The van der Waals surface area contributed by atoms with E-state index in [1.165, 1.54) is 13.3 Å². The average molecular weight is 458 g/mol. The number of hydrogen-bond donors (Lipinski definition) is 8. The number of imidazole rings is 1. The van der Waals surface area contributed by atoms with E-state index in [0.717, 1.165) is 0 Å². The van der Waals surface area contributed by atoms with Gasteiger partial charge >= 0.3 is 5.97 Å². The Labute approximate surface area is 185 Å². The number of carboxylic acid groups (broad SMARTS) is 1. The maximum atomic E-state index is 12.8. The van der Waals surface area contributed by atoms with Gasteiger partial charge in [-0.3, -0.25) is 19.2 Å². The number of rotatable bonds is 14. The molecular formula is C18H31N7O5S. The van der Waals surface area contributed by atoms with Crippen LogP contribution in [-0.4, -0.2) is 75.2 Å². The van der Waals surface area contributed by atoms with Crippen molar-refractivity contribution in [2.75, 3.05) is 12.3 Å². The molecule has 0 aliphatic carbocycles. The summed E-state index contributed by atoms with van der Waals surface area (Å²) in [7, 11) is 0. The lowest BCUT2D eigenvalue weighted by atomic mass is 10.1. The number of amides is 3. The SMILES string of the molecule is CC(NC(=O)C(CS)NC(=O)C(CCCCN)NC(=O)C(N)Cc1cnc[nH]1)C(=O)O. The normalized spacial score (nSPS) is 14.7. The van der Waals surface area contributed by atoms with Gasteiger partial charge in [-0.05, 0) is 32.7 Å².